The Bertz CT molecular complexity index is 858. The van der Waals surface area contributed by atoms with Gasteiger partial charge < -0.3 is 9.88 Å². The molecule has 3 nitrogen and oxygen atoms in total. The largest absolute Gasteiger partial charge is 0.348 e. The van der Waals surface area contributed by atoms with E-state index in [9.17, 15) is 4.79 Å². The number of ketones is 1. The van der Waals surface area contributed by atoms with E-state index in [0.717, 1.165) is 25.8 Å². The summed E-state index contributed by atoms with van der Waals surface area (Å²) in [6.07, 6.45) is 5.58. The number of likely N-dealkylation sites (N-methyl/N-ethyl adjacent to an activating group) is 1. The van der Waals surface area contributed by atoms with Crippen LogP contribution >= 0.6 is 0 Å². The molecule has 160 valence electrons. The fourth-order valence-corrected chi connectivity index (χ4v) is 5.26. The predicted molar refractivity (Wildman–Crippen MR) is 124 cm³/mol. The smallest absolute Gasteiger partial charge is 0.146 e. The number of rotatable bonds is 7. The van der Waals surface area contributed by atoms with Crippen molar-refractivity contribution in [1.82, 2.24) is 9.88 Å². The van der Waals surface area contributed by atoms with Gasteiger partial charge in [-0.2, -0.15) is 0 Å². The molecule has 3 rings (SSSR count). The van der Waals surface area contributed by atoms with Gasteiger partial charge in [-0.05, 0) is 94.0 Å². The van der Waals surface area contributed by atoms with Crippen molar-refractivity contribution >= 4 is 16.6 Å². The lowest BCUT2D eigenvalue weighted by Crippen LogP contribution is -2.33. The number of unbranched alkanes of at least 4 members (excludes halogenated alkanes) is 1. The number of carbonyl (C=O) groups excluding carboxylic acids is 1. The fourth-order valence-electron chi connectivity index (χ4n) is 5.26. The van der Waals surface area contributed by atoms with Gasteiger partial charge in [0.15, 0.2) is 0 Å². The number of fused-ring (bicyclic) bond motifs is 2. The van der Waals surface area contributed by atoms with Crippen LogP contribution in [0.15, 0.2) is 12.1 Å². The zero-order valence-corrected chi connectivity index (χ0v) is 19.8. The van der Waals surface area contributed by atoms with E-state index >= 15 is 0 Å². The molecule has 2 aromatic rings. The maximum atomic E-state index is 11.6. The number of hydrogen-bond acceptors (Lipinski definition) is 2. The topological polar surface area (TPSA) is 34.0 Å². The molecule has 1 aromatic heterocycles. The summed E-state index contributed by atoms with van der Waals surface area (Å²) >= 11 is 0. The molecule has 0 fully saturated rings. The Morgan fingerprint density at radius 3 is 1.90 bits per heavy atom. The van der Waals surface area contributed by atoms with E-state index in [2.05, 4.69) is 63.6 Å². The van der Waals surface area contributed by atoms with Crippen LogP contribution in [0.25, 0.3) is 10.8 Å². The summed E-state index contributed by atoms with van der Waals surface area (Å²) in [7, 11) is 1.88. The molecule has 3 heteroatoms. The summed E-state index contributed by atoms with van der Waals surface area (Å²) in [5, 5.41) is 5.98. The van der Waals surface area contributed by atoms with Crippen molar-refractivity contribution in [2.24, 2.45) is 0 Å². The minimum absolute atomic E-state index is 0.00267. The normalized spacial score (nSPS) is 18.6. The zero-order chi connectivity index (χ0) is 21.6. The standard InChI is InChI=1S/C26H40N2O/c1-17-20-15-22-23(26(6,7)13-12-25(22,4)5)16-21(20)18(2)28(17)14-10-9-11-24(27-8)19(3)29/h15-16,24,27H,9-14H2,1-8H3. The average Bonchev–Trinajstić information content (AvgIpc) is 2.88. The van der Waals surface area contributed by atoms with E-state index in [0.29, 0.717) is 0 Å². The summed E-state index contributed by atoms with van der Waals surface area (Å²) in [6.45, 7) is 16.9. The first-order valence-electron chi connectivity index (χ1n) is 11.3. The van der Waals surface area contributed by atoms with Gasteiger partial charge in [-0.3, -0.25) is 4.79 Å². The number of nitrogens with one attached hydrogen (secondary N) is 1. The maximum Gasteiger partial charge on any atom is 0.146 e. The van der Waals surface area contributed by atoms with Crippen molar-refractivity contribution in [1.29, 1.82) is 0 Å². The summed E-state index contributed by atoms with van der Waals surface area (Å²) in [4.78, 5) is 11.6. The molecule has 1 aliphatic rings. The molecular weight excluding hydrogens is 356 g/mol. The second kappa shape index (κ2) is 7.91. The van der Waals surface area contributed by atoms with Gasteiger partial charge in [0.25, 0.3) is 0 Å². The first-order valence-corrected chi connectivity index (χ1v) is 11.3. The van der Waals surface area contributed by atoms with E-state index in [-0.39, 0.29) is 22.7 Å². The lowest BCUT2D eigenvalue weighted by Gasteiger charge is -2.42. The zero-order valence-electron chi connectivity index (χ0n) is 19.8. The summed E-state index contributed by atoms with van der Waals surface area (Å²) in [6, 6.07) is 4.99. The molecule has 1 aromatic carbocycles. The summed E-state index contributed by atoms with van der Waals surface area (Å²) in [5.41, 5.74) is 6.35. The molecule has 1 atom stereocenters. The lowest BCUT2D eigenvalue weighted by atomic mass is 9.63. The predicted octanol–water partition coefficient (Wildman–Crippen LogP) is 5.95. The Morgan fingerprint density at radius 1 is 1.00 bits per heavy atom. The number of Topliss-reactive ketones (excluding diaryl/α,β-unsaturated/α-hetero) is 1. The van der Waals surface area contributed by atoms with Crippen LogP contribution in [0, 0.1) is 13.8 Å². The SMILES string of the molecule is CNC(CCCCn1c(C)c2cc3c(cc2c1C)C(C)(C)CCC3(C)C)C(C)=O. The van der Waals surface area contributed by atoms with Crippen molar-refractivity contribution < 1.29 is 4.79 Å². The fraction of sp³-hybridized carbons (Fsp3) is 0.654. The Balaban J connectivity index is 1.90. The van der Waals surface area contributed by atoms with Gasteiger partial charge in [-0.1, -0.05) is 27.7 Å². The first kappa shape index (κ1) is 22.1. The number of aryl methyl sites for hydroxylation is 2. The molecule has 1 N–H and O–H groups in total. The highest BCUT2D eigenvalue weighted by molar-refractivity contribution is 5.90. The quantitative estimate of drug-likeness (QED) is 0.586. The molecule has 0 saturated carbocycles. The van der Waals surface area contributed by atoms with Gasteiger partial charge in [0.05, 0.1) is 6.04 Å². The molecule has 0 spiro atoms. The van der Waals surface area contributed by atoms with Crippen LogP contribution in [-0.4, -0.2) is 23.4 Å². The van der Waals surface area contributed by atoms with Crippen molar-refractivity contribution in [3.63, 3.8) is 0 Å². The minimum atomic E-state index is -0.00267. The van der Waals surface area contributed by atoms with Gasteiger partial charge in [0, 0.05) is 28.7 Å². The third kappa shape index (κ3) is 4.03. The Morgan fingerprint density at radius 2 is 1.48 bits per heavy atom. The summed E-state index contributed by atoms with van der Waals surface area (Å²) in [5.74, 6) is 0.238. The molecule has 0 bridgehead atoms. The molecule has 1 unspecified atom stereocenters. The van der Waals surface area contributed by atoms with E-state index in [1.807, 2.05) is 7.05 Å². The number of nitrogens with zero attached hydrogens (tertiary/aromatic N) is 1. The van der Waals surface area contributed by atoms with Crippen LogP contribution in [0.1, 0.15) is 89.2 Å². The number of benzene rings is 1. The third-order valence-electron chi connectivity index (χ3n) is 7.54. The second-order valence-electron chi connectivity index (χ2n) is 10.5. The molecule has 1 aliphatic carbocycles. The first-order chi connectivity index (χ1) is 13.5. The van der Waals surface area contributed by atoms with Crippen molar-refractivity contribution in [2.45, 2.75) is 104 Å². The van der Waals surface area contributed by atoms with Crippen LogP contribution in [0.4, 0.5) is 0 Å². The van der Waals surface area contributed by atoms with Gasteiger partial charge >= 0.3 is 0 Å². The van der Waals surface area contributed by atoms with Gasteiger partial charge in [0.1, 0.15) is 5.78 Å². The molecule has 29 heavy (non-hydrogen) atoms. The van der Waals surface area contributed by atoms with Crippen LogP contribution < -0.4 is 5.32 Å². The average molecular weight is 397 g/mol. The minimum Gasteiger partial charge on any atom is -0.348 e. The van der Waals surface area contributed by atoms with E-state index < -0.39 is 0 Å². The highest BCUT2D eigenvalue weighted by atomic mass is 16.1. The van der Waals surface area contributed by atoms with Crippen LogP contribution in [0.2, 0.25) is 0 Å². The Kier molecular flexibility index (Phi) is 6.02. The third-order valence-corrected chi connectivity index (χ3v) is 7.54. The van der Waals surface area contributed by atoms with Crippen LogP contribution in [0.5, 0.6) is 0 Å². The lowest BCUT2D eigenvalue weighted by molar-refractivity contribution is -0.119. The molecule has 0 saturated heterocycles. The van der Waals surface area contributed by atoms with E-state index in [1.54, 1.807) is 18.1 Å². The number of hydrogen-bond donors (Lipinski definition) is 1. The molecule has 0 radical (unpaired) electrons. The van der Waals surface area contributed by atoms with E-state index in [4.69, 9.17) is 0 Å². The van der Waals surface area contributed by atoms with Crippen molar-refractivity contribution in [3.8, 4) is 0 Å². The Labute approximate surface area is 177 Å². The van der Waals surface area contributed by atoms with Gasteiger partial charge in [0.2, 0.25) is 0 Å². The maximum absolute atomic E-state index is 11.6. The summed E-state index contributed by atoms with van der Waals surface area (Å²) < 4.78 is 2.50. The second-order valence-corrected chi connectivity index (χ2v) is 10.5. The van der Waals surface area contributed by atoms with E-state index in [1.165, 1.54) is 35.0 Å². The monoisotopic (exact) mass is 396 g/mol. The van der Waals surface area contributed by atoms with Crippen LogP contribution in [-0.2, 0) is 22.2 Å². The highest BCUT2D eigenvalue weighted by Gasteiger charge is 2.37. The van der Waals surface area contributed by atoms with Crippen LogP contribution in [0.3, 0.4) is 0 Å². The number of aromatic nitrogens is 1. The Hall–Kier alpha value is -1.61. The molecule has 0 aliphatic heterocycles. The molecular formula is C26H40N2O. The van der Waals surface area contributed by atoms with Gasteiger partial charge in [-0.25, -0.2) is 0 Å². The van der Waals surface area contributed by atoms with Gasteiger partial charge in [-0.15, -0.1) is 0 Å². The molecule has 0 amide bonds. The van der Waals surface area contributed by atoms with Crippen molar-refractivity contribution in [3.05, 3.63) is 34.6 Å². The number of carbonyl (C=O) groups is 1. The highest BCUT2D eigenvalue weighted by Crippen LogP contribution is 2.47. The molecule has 1 heterocycles. The van der Waals surface area contributed by atoms with Crippen molar-refractivity contribution in [2.75, 3.05) is 7.05 Å².